The molecular formula is C16H24N2O2S. The predicted molar refractivity (Wildman–Crippen MR) is 85.6 cm³/mol. The number of esters is 1. The van der Waals surface area contributed by atoms with E-state index >= 15 is 0 Å². The van der Waals surface area contributed by atoms with E-state index in [1.165, 1.54) is 12.7 Å². The summed E-state index contributed by atoms with van der Waals surface area (Å²) in [5.41, 5.74) is 1.76. The Kier molecular flexibility index (Phi) is 5.27. The molecule has 0 amide bonds. The number of ether oxygens (including phenoxy) is 1. The molecule has 1 fully saturated rings. The number of aryl methyl sites for hydroxylation is 2. The van der Waals surface area contributed by atoms with Gasteiger partial charge in [-0.3, -0.25) is 4.79 Å². The number of carbonyl (C=O) groups is 1. The molecule has 1 heterocycles. The van der Waals surface area contributed by atoms with Gasteiger partial charge < -0.3 is 10.1 Å². The van der Waals surface area contributed by atoms with Crippen molar-refractivity contribution in [1.29, 1.82) is 0 Å². The van der Waals surface area contributed by atoms with Crippen molar-refractivity contribution in [3.05, 3.63) is 23.4 Å². The van der Waals surface area contributed by atoms with E-state index in [9.17, 15) is 4.79 Å². The van der Waals surface area contributed by atoms with Gasteiger partial charge in [0.15, 0.2) is 0 Å². The number of methoxy groups -OCH3 is 1. The summed E-state index contributed by atoms with van der Waals surface area (Å²) in [6, 6.07) is 4.19. The van der Waals surface area contributed by atoms with E-state index in [2.05, 4.69) is 29.4 Å². The molecule has 1 aliphatic rings. The molecule has 0 aromatic carbocycles. The van der Waals surface area contributed by atoms with Gasteiger partial charge in [-0.1, -0.05) is 6.92 Å². The third-order valence-electron chi connectivity index (χ3n) is 3.92. The fraction of sp³-hybridized carbons (Fsp3) is 0.625. The maximum Gasteiger partial charge on any atom is 0.326 e. The number of thioether (sulfide) groups is 1. The molecule has 1 aliphatic carbocycles. The maximum atomic E-state index is 12.1. The number of nitrogens with zero attached hydrogens (tertiary/aromatic N) is 1. The minimum Gasteiger partial charge on any atom is -0.468 e. The number of rotatable bonds is 5. The molecule has 116 valence electrons. The van der Waals surface area contributed by atoms with Gasteiger partial charge in [0.05, 0.1) is 12.1 Å². The summed E-state index contributed by atoms with van der Waals surface area (Å²) in [5.74, 6) is -0.138. The lowest BCUT2D eigenvalue weighted by atomic mass is 9.98. The molecule has 2 unspecified atom stereocenters. The summed E-state index contributed by atoms with van der Waals surface area (Å²) in [4.78, 5) is 16.7. The van der Waals surface area contributed by atoms with Crippen LogP contribution in [0.4, 0.5) is 0 Å². The summed E-state index contributed by atoms with van der Waals surface area (Å²) in [7, 11) is 1.47. The minimum atomic E-state index is -0.514. The molecule has 4 nitrogen and oxygen atoms in total. The number of pyridine rings is 1. The van der Waals surface area contributed by atoms with Crippen LogP contribution in [0.25, 0.3) is 0 Å². The molecule has 5 heteroatoms. The standard InChI is InChI=1S/C16H24N2O2S/c1-5-17-16(15(19)20-4)7-6-13(10-16)21-14-9-11(2)8-12(3)18-14/h8-9,13,17H,5-7,10H2,1-4H3. The quantitative estimate of drug-likeness (QED) is 0.848. The van der Waals surface area contributed by atoms with E-state index in [4.69, 9.17) is 4.74 Å². The highest BCUT2D eigenvalue weighted by Gasteiger charge is 2.46. The van der Waals surface area contributed by atoms with Gasteiger partial charge in [0.1, 0.15) is 5.54 Å². The highest BCUT2D eigenvalue weighted by atomic mass is 32.2. The zero-order valence-electron chi connectivity index (χ0n) is 13.2. The molecule has 21 heavy (non-hydrogen) atoms. The Bertz CT molecular complexity index is 501. The third-order valence-corrected chi connectivity index (χ3v) is 5.11. The lowest BCUT2D eigenvalue weighted by Gasteiger charge is -2.27. The van der Waals surface area contributed by atoms with Crippen LogP contribution < -0.4 is 5.32 Å². The van der Waals surface area contributed by atoms with Crippen LogP contribution in [0.5, 0.6) is 0 Å². The Balaban J connectivity index is 2.08. The second kappa shape index (κ2) is 6.79. The first-order valence-corrected chi connectivity index (χ1v) is 8.32. The van der Waals surface area contributed by atoms with Crippen molar-refractivity contribution >= 4 is 17.7 Å². The molecule has 2 atom stereocenters. The Morgan fingerprint density at radius 1 is 1.52 bits per heavy atom. The molecule has 1 N–H and O–H groups in total. The normalized spacial score (nSPS) is 25.0. The molecule has 0 spiro atoms. The monoisotopic (exact) mass is 308 g/mol. The lowest BCUT2D eigenvalue weighted by Crippen LogP contribution is -2.50. The van der Waals surface area contributed by atoms with Crippen LogP contribution in [0.3, 0.4) is 0 Å². The predicted octanol–water partition coefficient (Wildman–Crippen LogP) is 2.86. The molecule has 1 aromatic heterocycles. The Morgan fingerprint density at radius 3 is 2.90 bits per heavy atom. The number of carbonyl (C=O) groups excluding carboxylic acids is 1. The second-order valence-electron chi connectivity index (χ2n) is 5.71. The van der Waals surface area contributed by atoms with Gasteiger partial charge in [0, 0.05) is 10.9 Å². The highest BCUT2D eigenvalue weighted by molar-refractivity contribution is 7.99. The van der Waals surface area contributed by atoms with E-state index in [0.717, 1.165) is 36.5 Å². The van der Waals surface area contributed by atoms with Gasteiger partial charge in [-0.15, -0.1) is 11.8 Å². The van der Waals surface area contributed by atoms with Crippen molar-refractivity contribution < 1.29 is 9.53 Å². The molecule has 2 rings (SSSR count). The van der Waals surface area contributed by atoms with Crippen LogP contribution in [0.15, 0.2) is 17.2 Å². The van der Waals surface area contributed by atoms with E-state index in [1.807, 2.05) is 13.8 Å². The van der Waals surface area contributed by atoms with Crippen molar-refractivity contribution in [2.75, 3.05) is 13.7 Å². The van der Waals surface area contributed by atoms with Gasteiger partial charge in [0.25, 0.3) is 0 Å². The van der Waals surface area contributed by atoms with Crippen LogP contribution in [0, 0.1) is 13.8 Å². The van der Waals surface area contributed by atoms with E-state index < -0.39 is 5.54 Å². The number of hydrogen-bond donors (Lipinski definition) is 1. The Labute approximate surface area is 131 Å². The molecular weight excluding hydrogens is 284 g/mol. The molecule has 0 saturated heterocycles. The number of nitrogens with one attached hydrogen (secondary N) is 1. The van der Waals surface area contributed by atoms with Gasteiger partial charge in [-0.2, -0.15) is 0 Å². The first-order chi connectivity index (χ1) is 9.99. The Morgan fingerprint density at radius 2 is 2.29 bits per heavy atom. The maximum absolute atomic E-state index is 12.1. The van der Waals surface area contributed by atoms with Gasteiger partial charge in [0.2, 0.25) is 0 Å². The number of likely N-dealkylation sites (N-methyl/N-ethyl adjacent to an activating group) is 1. The zero-order chi connectivity index (χ0) is 15.5. The van der Waals surface area contributed by atoms with Crippen LogP contribution in [0.1, 0.15) is 37.4 Å². The zero-order valence-corrected chi connectivity index (χ0v) is 14.0. The first kappa shape index (κ1) is 16.3. The molecule has 1 aromatic rings. The van der Waals surface area contributed by atoms with Crippen LogP contribution >= 0.6 is 11.8 Å². The fourth-order valence-electron chi connectivity index (χ4n) is 3.09. The smallest absolute Gasteiger partial charge is 0.326 e. The first-order valence-electron chi connectivity index (χ1n) is 7.44. The van der Waals surface area contributed by atoms with Crippen LogP contribution in [0.2, 0.25) is 0 Å². The van der Waals surface area contributed by atoms with Gasteiger partial charge in [-0.25, -0.2) is 4.98 Å². The van der Waals surface area contributed by atoms with Crippen LogP contribution in [-0.4, -0.2) is 35.4 Å². The van der Waals surface area contributed by atoms with E-state index in [0.29, 0.717) is 5.25 Å². The summed E-state index contributed by atoms with van der Waals surface area (Å²) >= 11 is 1.78. The van der Waals surface area contributed by atoms with E-state index in [-0.39, 0.29) is 5.97 Å². The minimum absolute atomic E-state index is 0.138. The lowest BCUT2D eigenvalue weighted by molar-refractivity contribution is -0.148. The summed E-state index contributed by atoms with van der Waals surface area (Å²) in [5, 5.41) is 4.79. The highest BCUT2D eigenvalue weighted by Crippen LogP contribution is 2.40. The van der Waals surface area contributed by atoms with Gasteiger partial charge >= 0.3 is 5.97 Å². The summed E-state index contributed by atoms with van der Waals surface area (Å²) in [6.45, 7) is 6.90. The summed E-state index contributed by atoms with van der Waals surface area (Å²) < 4.78 is 5.00. The SMILES string of the molecule is CCNC1(C(=O)OC)CCC(Sc2cc(C)cc(C)n2)C1. The molecule has 1 saturated carbocycles. The van der Waals surface area contributed by atoms with Gasteiger partial charge in [-0.05, 0) is 57.4 Å². The van der Waals surface area contributed by atoms with Crippen LogP contribution in [-0.2, 0) is 9.53 Å². The largest absolute Gasteiger partial charge is 0.468 e. The number of aromatic nitrogens is 1. The van der Waals surface area contributed by atoms with Crippen molar-refractivity contribution in [3.63, 3.8) is 0 Å². The van der Waals surface area contributed by atoms with Crippen molar-refractivity contribution in [2.24, 2.45) is 0 Å². The van der Waals surface area contributed by atoms with Crippen molar-refractivity contribution in [3.8, 4) is 0 Å². The fourth-order valence-corrected chi connectivity index (χ4v) is 4.48. The second-order valence-corrected chi connectivity index (χ2v) is 7.03. The third kappa shape index (κ3) is 3.77. The Hall–Kier alpha value is -1.07. The topological polar surface area (TPSA) is 51.2 Å². The average molecular weight is 308 g/mol. The molecule has 0 radical (unpaired) electrons. The summed E-state index contributed by atoms with van der Waals surface area (Å²) in [6.07, 6.45) is 2.63. The average Bonchev–Trinajstić information content (AvgIpc) is 2.81. The van der Waals surface area contributed by atoms with Crippen molar-refractivity contribution in [2.45, 2.75) is 55.8 Å². The number of hydrogen-bond acceptors (Lipinski definition) is 5. The molecule has 0 bridgehead atoms. The van der Waals surface area contributed by atoms with Crippen molar-refractivity contribution in [1.82, 2.24) is 10.3 Å². The molecule has 0 aliphatic heterocycles. The van der Waals surface area contributed by atoms with E-state index in [1.54, 1.807) is 11.8 Å².